The summed E-state index contributed by atoms with van der Waals surface area (Å²) in [5.74, 6) is -1.08. The Morgan fingerprint density at radius 3 is 2.65 bits per heavy atom. The van der Waals surface area contributed by atoms with Gasteiger partial charge in [-0.25, -0.2) is 0 Å². The van der Waals surface area contributed by atoms with Crippen molar-refractivity contribution in [3.63, 3.8) is 0 Å². The van der Waals surface area contributed by atoms with E-state index in [9.17, 15) is 9.59 Å². The zero-order valence-corrected chi connectivity index (χ0v) is 12.4. The Kier molecular flexibility index (Phi) is 3.45. The summed E-state index contributed by atoms with van der Waals surface area (Å²) in [6, 6.07) is 0. The van der Waals surface area contributed by atoms with Crippen molar-refractivity contribution in [1.29, 1.82) is 0 Å². The largest absolute Gasteiger partial charge is 0.462 e. The van der Waals surface area contributed by atoms with Crippen LogP contribution in [0.4, 0.5) is 0 Å². The summed E-state index contributed by atoms with van der Waals surface area (Å²) in [6.07, 6.45) is 0.247. The van der Waals surface area contributed by atoms with E-state index in [0.29, 0.717) is 12.1 Å². The van der Waals surface area contributed by atoms with E-state index in [-0.39, 0.29) is 17.6 Å². The number of carbonyl (C=O) groups is 2. The normalized spacial score (nSPS) is 37.0. The number of nitrogens with zero attached hydrogens (tertiary/aromatic N) is 1. The molecule has 0 amide bonds. The molecule has 0 bridgehead atoms. The summed E-state index contributed by atoms with van der Waals surface area (Å²) in [4.78, 5) is 24.1. The predicted molar refractivity (Wildman–Crippen MR) is 74.7 cm³/mol. The highest BCUT2D eigenvalue weighted by Gasteiger charge is 2.64. The van der Waals surface area contributed by atoms with Crippen LogP contribution >= 0.6 is 12.2 Å². The number of cyclic esters (lactones) is 2. The Balaban J connectivity index is 2.25. The standard InChI is InChI=1S/C12H17N3O4S/c1-6-4-12(8(16)18-6)5-11(3,19-9(12)17)7(2)14-15-10(13)20/h6H,4-5H2,1-3H3,(H3,13,15,20)/b14-7-/t6-,11-,12-/m0/s1. The van der Waals surface area contributed by atoms with Gasteiger partial charge in [-0.15, -0.1) is 0 Å². The molecule has 8 heteroatoms. The molecule has 0 unspecified atom stereocenters. The summed E-state index contributed by atoms with van der Waals surface area (Å²) in [5.41, 5.74) is 6.05. The number of carbonyl (C=O) groups excluding carboxylic acids is 2. The highest BCUT2D eigenvalue weighted by molar-refractivity contribution is 7.80. The number of esters is 2. The van der Waals surface area contributed by atoms with Gasteiger partial charge in [0.15, 0.2) is 16.1 Å². The third-order valence-electron chi connectivity index (χ3n) is 3.78. The summed E-state index contributed by atoms with van der Waals surface area (Å²) >= 11 is 4.66. The Labute approximate surface area is 121 Å². The molecule has 2 fully saturated rings. The van der Waals surface area contributed by atoms with Crippen LogP contribution in [0, 0.1) is 5.41 Å². The molecule has 2 aliphatic rings. The van der Waals surface area contributed by atoms with Gasteiger partial charge in [0.25, 0.3) is 0 Å². The van der Waals surface area contributed by atoms with Gasteiger partial charge in [0.2, 0.25) is 0 Å². The second-order valence-corrected chi connectivity index (χ2v) is 5.91. The number of nitrogens with one attached hydrogen (secondary N) is 1. The highest BCUT2D eigenvalue weighted by Crippen LogP contribution is 2.49. The first-order valence-electron chi connectivity index (χ1n) is 6.24. The monoisotopic (exact) mass is 299 g/mol. The van der Waals surface area contributed by atoms with Crippen molar-refractivity contribution in [2.75, 3.05) is 0 Å². The number of ether oxygens (including phenoxy) is 2. The molecule has 0 saturated carbocycles. The van der Waals surface area contributed by atoms with Crippen LogP contribution in [0.2, 0.25) is 0 Å². The summed E-state index contributed by atoms with van der Waals surface area (Å²) in [7, 11) is 0. The molecule has 2 heterocycles. The molecular weight excluding hydrogens is 282 g/mol. The van der Waals surface area contributed by atoms with Gasteiger partial charge >= 0.3 is 11.9 Å². The van der Waals surface area contributed by atoms with Crippen molar-refractivity contribution in [2.24, 2.45) is 16.3 Å². The van der Waals surface area contributed by atoms with E-state index in [1.807, 2.05) is 0 Å². The van der Waals surface area contributed by atoms with Crippen LogP contribution in [0.15, 0.2) is 5.10 Å². The Hall–Kier alpha value is -1.70. The SMILES string of the molecule is C/C(=N/NC(N)=S)[C@]1(C)C[C@]2(C[C@H](C)OC2=O)C(=O)O1. The zero-order valence-electron chi connectivity index (χ0n) is 11.6. The molecule has 20 heavy (non-hydrogen) atoms. The highest BCUT2D eigenvalue weighted by atomic mass is 32.1. The van der Waals surface area contributed by atoms with Crippen molar-refractivity contribution < 1.29 is 19.1 Å². The van der Waals surface area contributed by atoms with Crippen LogP contribution < -0.4 is 11.2 Å². The second kappa shape index (κ2) is 4.69. The fourth-order valence-electron chi connectivity index (χ4n) is 2.67. The number of nitrogens with two attached hydrogens (primary N) is 1. The number of hydrogen-bond acceptors (Lipinski definition) is 6. The quantitative estimate of drug-likeness (QED) is 0.247. The number of hydrogen-bond donors (Lipinski definition) is 2. The predicted octanol–water partition coefficient (Wildman–Crippen LogP) is 0.223. The molecule has 0 radical (unpaired) electrons. The molecule has 0 aromatic heterocycles. The molecule has 110 valence electrons. The lowest BCUT2D eigenvalue weighted by Gasteiger charge is -2.22. The number of hydrazone groups is 1. The molecule has 3 atom stereocenters. The lowest BCUT2D eigenvalue weighted by atomic mass is 9.77. The maximum atomic E-state index is 12.2. The van der Waals surface area contributed by atoms with E-state index < -0.39 is 23.0 Å². The Bertz CT molecular complexity index is 521. The van der Waals surface area contributed by atoms with Crippen LogP contribution in [0.1, 0.15) is 33.6 Å². The van der Waals surface area contributed by atoms with Crippen LogP contribution in [0.5, 0.6) is 0 Å². The van der Waals surface area contributed by atoms with Gasteiger partial charge in [-0.1, -0.05) is 0 Å². The van der Waals surface area contributed by atoms with E-state index in [4.69, 9.17) is 15.2 Å². The van der Waals surface area contributed by atoms with Crippen LogP contribution in [0.3, 0.4) is 0 Å². The maximum Gasteiger partial charge on any atom is 0.324 e. The van der Waals surface area contributed by atoms with Crippen molar-refractivity contribution >= 4 is 35.0 Å². The Morgan fingerprint density at radius 2 is 2.15 bits per heavy atom. The molecule has 2 saturated heterocycles. The van der Waals surface area contributed by atoms with Crippen molar-refractivity contribution in [3.05, 3.63) is 0 Å². The van der Waals surface area contributed by atoms with Gasteiger partial charge < -0.3 is 15.2 Å². The number of rotatable bonds is 2. The summed E-state index contributed by atoms with van der Waals surface area (Å²) in [5, 5.41) is 4.00. The first-order chi connectivity index (χ1) is 9.19. The average molecular weight is 299 g/mol. The molecule has 2 rings (SSSR count). The minimum Gasteiger partial charge on any atom is -0.462 e. The molecule has 0 aromatic rings. The minimum atomic E-state index is -1.21. The number of thiocarbonyl (C=S) groups is 1. The minimum absolute atomic E-state index is 0.0147. The van der Waals surface area contributed by atoms with E-state index in [1.54, 1.807) is 20.8 Å². The molecular formula is C12H17N3O4S. The molecule has 0 aliphatic carbocycles. The summed E-state index contributed by atoms with van der Waals surface area (Å²) in [6.45, 7) is 5.14. The van der Waals surface area contributed by atoms with Gasteiger partial charge in [0, 0.05) is 12.8 Å². The topological polar surface area (TPSA) is 103 Å². The van der Waals surface area contributed by atoms with E-state index >= 15 is 0 Å². The first-order valence-corrected chi connectivity index (χ1v) is 6.65. The van der Waals surface area contributed by atoms with Gasteiger partial charge in [-0.05, 0) is 33.0 Å². The third kappa shape index (κ3) is 2.24. The Morgan fingerprint density at radius 1 is 1.50 bits per heavy atom. The molecule has 7 nitrogen and oxygen atoms in total. The van der Waals surface area contributed by atoms with E-state index in [1.165, 1.54) is 0 Å². The van der Waals surface area contributed by atoms with E-state index in [0.717, 1.165) is 0 Å². The summed E-state index contributed by atoms with van der Waals surface area (Å²) < 4.78 is 10.5. The first kappa shape index (κ1) is 14.7. The molecule has 2 aliphatic heterocycles. The van der Waals surface area contributed by atoms with Gasteiger partial charge in [0.05, 0.1) is 5.71 Å². The molecule has 0 aromatic carbocycles. The van der Waals surface area contributed by atoms with Crippen molar-refractivity contribution in [3.8, 4) is 0 Å². The van der Waals surface area contributed by atoms with Crippen LogP contribution in [-0.2, 0) is 19.1 Å². The second-order valence-electron chi connectivity index (χ2n) is 5.47. The van der Waals surface area contributed by atoms with Crippen LogP contribution in [0.25, 0.3) is 0 Å². The smallest absolute Gasteiger partial charge is 0.324 e. The molecule has 3 N–H and O–H groups in total. The fraction of sp³-hybridized carbons (Fsp3) is 0.667. The van der Waals surface area contributed by atoms with Gasteiger partial charge in [-0.3, -0.25) is 15.0 Å². The molecule has 1 spiro atoms. The van der Waals surface area contributed by atoms with Crippen molar-refractivity contribution in [1.82, 2.24) is 5.43 Å². The fourth-order valence-corrected chi connectivity index (χ4v) is 2.71. The maximum absolute atomic E-state index is 12.2. The van der Waals surface area contributed by atoms with E-state index in [2.05, 4.69) is 22.7 Å². The zero-order chi connectivity index (χ0) is 15.1. The average Bonchev–Trinajstić information content (AvgIpc) is 2.75. The lowest BCUT2D eigenvalue weighted by molar-refractivity contribution is -0.158. The van der Waals surface area contributed by atoms with Crippen LogP contribution in [-0.4, -0.2) is 34.5 Å². The van der Waals surface area contributed by atoms with Gasteiger partial charge in [0.1, 0.15) is 6.10 Å². The van der Waals surface area contributed by atoms with Crippen molar-refractivity contribution in [2.45, 2.75) is 45.3 Å². The third-order valence-corrected chi connectivity index (χ3v) is 3.87. The van der Waals surface area contributed by atoms with Gasteiger partial charge in [-0.2, -0.15) is 5.10 Å². The lowest BCUT2D eigenvalue weighted by Crippen LogP contribution is -2.37.